The molecule has 0 amide bonds. The SMILES string of the molecule is CC(=O)C1OC(C)C(C)C(C)C1C.CC(=O)C1OC(C)C(C)C(C)C1C. The number of Topliss-reactive ketones (excluding diaryl/α,β-unsaturated/α-hetero) is 2. The average Bonchev–Trinajstić information content (AvgIpc) is 2.57. The van der Waals surface area contributed by atoms with E-state index in [0.717, 1.165) is 0 Å². The fourth-order valence-electron chi connectivity index (χ4n) is 4.25. The number of rotatable bonds is 2. The summed E-state index contributed by atoms with van der Waals surface area (Å²) in [6.07, 6.45) is 0.0580. The summed E-state index contributed by atoms with van der Waals surface area (Å²) >= 11 is 0. The lowest BCUT2D eigenvalue weighted by Crippen LogP contribution is -2.46. The molecule has 0 spiro atoms. The van der Waals surface area contributed by atoms with Crippen LogP contribution in [0.25, 0.3) is 0 Å². The summed E-state index contributed by atoms with van der Waals surface area (Å²) in [6.45, 7) is 20.4. The van der Waals surface area contributed by atoms with Gasteiger partial charge in [-0.3, -0.25) is 9.59 Å². The molecule has 0 aromatic heterocycles. The Morgan fingerprint density at radius 1 is 0.500 bits per heavy atom. The normalized spacial score (nSPS) is 46.1. The zero-order valence-electron chi connectivity index (χ0n) is 18.4. The smallest absolute Gasteiger partial charge is 0.158 e. The van der Waals surface area contributed by atoms with Crippen molar-refractivity contribution in [1.29, 1.82) is 0 Å². The molecule has 2 rings (SSSR count). The zero-order valence-corrected chi connectivity index (χ0v) is 18.4. The van der Waals surface area contributed by atoms with Crippen LogP contribution < -0.4 is 0 Å². The monoisotopic (exact) mass is 368 g/mol. The second-order valence-corrected chi connectivity index (χ2v) is 8.90. The Balaban J connectivity index is 0.000000260. The molecule has 0 aromatic rings. The van der Waals surface area contributed by atoms with Crippen molar-refractivity contribution in [1.82, 2.24) is 0 Å². The molecule has 152 valence electrons. The van der Waals surface area contributed by atoms with Gasteiger partial charge in [0, 0.05) is 0 Å². The number of carbonyl (C=O) groups is 2. The van der Waals surface area contributed by atoms with Crippen LogP contribution in [0.5, 0.6) is 0 Å². The Morgan fingerprint density at radius 3 is 1.00 bits per heavy atom. The van der Waals surface area contributed by atoms with E-state index in [1.165, 1.54) is 0 Å². The van der Waals surface area contributed by atoms with Gasteiger partial charge in [-0.1, -0.05) is 41.5 Å². The lowest BCUT2D eigenvalue weighted by atomic mass is 9.76. The van der Waals surface area contributed by atoms with Crippen LogP contribution in [0.15, 0.2) is 0 Å². The summed E-state index contributed by atoms with van der Waals surface area (Å²) in [5, 5.41) is 0. The summed E-state index contributed by atoms with van der Waals surface area (Å²) in [5.74, 6) is 3.26. The molecule has 26 heavy (non-hydrogen) atoms. The number of hydrogen-bond acceptors (Lipinski definition) is 4. The second kappa shape index (κ2) is 9.45. The highest BCUT2D eigenvalue weighted by Crippen LogP contribution is 2.35. The summed E-state index contributed by atoms with van der Waals surface area (Å²) < 4.78 is 11.4. The largest absolute Gasteiger partial charge is 0.367 e. The molecule has 0 radical (unpaired) electrons. The van der Waals surface area contributed by atoms with Crippen molar-refractivity contribution in [2.75, 3.05) is 0 Å². The van der Waals surface area contributed by atoms with E-state index in [0.29, 0.717) is 35.5 Å². The molecule has 0 N–H and O–H groups in total. The maximum absolute atomic E-state index is 11.3. The van der Waals surface area contributed by atoms with E-state index >= 15 is 0 Å². The summed E-state index contributed by atoms with van der Waals surface area (Å²) in [5.41, 5.74) is 0. The van der Waals surface area contributed by atoms with Crippen molar-refractivity contribution >= 4 is 11.6 Å². The van der Waals surface area contributed by atoms with E-state index in [2.05, 4.69) is 55.4 Å². The molecule has 2 saturated heterocycles. The molecule has 2 aliphatic rings. The second-order valence-electron chi connectivity index (χ2n) is 8.90. The van der Waals surface area contributed by atoms with Gasteiger partial charge in [0.05, 0.1) is 12.2 Å². The van der Waals surface area contributed by atoms with Crippen LogP contribution in [-0.2, 0) is 19.1 Å². The first-order valence-corrected chi connectivity index (χ1v) is 10.2. The highest BCUT2D eigenvalue weighted by atomic mass is 16.5. The highest BCUT2D eigenvalue weighted by Gasteiger charge is 2.39. The standard InChI is InChI=1S/2C11H20O2/c2*1-6-7(2)10(5)13-11(8(6)3)9(4)12/h2*6-8,10-11H,1-5H3. The zero-order chi connectivity index (χ0) is 20.3. The van der Waals surface area contributed by atoms with Gasteiger partial charge in [-0.25, -0.2) is 0 Å². The van der Waals surface area contributed by atoms with Gasteiger partial charge >= 0.3 is 0 Å². The van der Waals surface area contributed by atoms with Gasteiger partial charge in [-0.2, -0.15) is 0 Å². The van der Waals surface area contributed by atoms with E-state index in [9.17, 15) is 9.59 Å². The molecule has 0 aromatic carbocycles. The number of ether oxygens (including phenoxy) is 2. The lowest BCUT2D eigenvalue weighted by Gasteiger charge is -2.41. The summed E-state index contributed by atoms with van der Waals surface area (Å²) in [6, 6.07) is 0. The van der Waals surface area contributed by atoms with Crippen molar-refractivity contribution < 1.29 is 19.1 Å². The van der Waals surface area contributed by atoms with Crippen molar-refractivity contribution in [2.45, 2.75) is 93.7 Å². The predicted octanol–water partition coefficient (Wildman–Crippen LogP) is 4.54. The Labute approximate surface area is 160 Å². The lowest BCUT2D eigenvalue weighted by molar-refractivity contribution is -0.156. The molecule has 10 atom stereocenters. The van der Waals surface area contributed by atoms with Crippen LogP contribution in [0.2, 0.25) is 0 Å². The minimum Gasteiger partial charge on any atom is -0.367 e. The topological polar surface area (TPSA) is 52.6 Å². The number of ketones is 2. The Kier molecular flexibility index (Phi) is 8.47. The van der Waals surface area contributed by atoms with Gasteiger partial charge in [0.25, 0.3) is 0 Å². The molecule has 4 nitrogen and oxygen atoms in total. The Bertz CT molecular complexity index is 445. The first-order chi connectivity index (χ1) is 11.9. The molecule has 0 saturated carbocycles. The molecule has 2 aliphatic heterocycles. The van der Waals surface area contributed by atoms with Crippen molar-refractivity contribution in [3.05, 3.63) is 0 Å². The fourth-order valence-corrected chi connectivity index (χ4v) is 4.25. The minimum atomic E-state index is -0.179. The van der Waals surface area contributed by atoms with Crippen LogP contribution in [0.3, 0.4) is 0 Å². The van der Waals surface area contributed by atoms with E-state index in [-0.39, 0.29) is 36.0 Å². The molecule has 2 heterocycles. The molecule has 0 bridgehead atoms. The molecule has 2 fully saturated rings. The Hall–Kier alpha value is -0.740. The number of carbonyl (C=O) groups excluding carboxylic acids is 2. The van der Waals surface area contributed by atoms with Crippen LogP contribution in [0.1, 0.15) is 69.2 Å². The first-order valence-electron chi connectivity index (χ1n) is 10.2. The van der Waals surface area contributed by atoms with Gasteiger partial charge < -0.3 is 9.47 Å². The summed E-state index contributed by atoms with van der Waals surface area (Å²) in [7, 11) is 0. The van der Waals surface area contributed by atoms with Gasteiger partial charge in [-0.15, -0.1) is 0 Å². The summed E-state index contributed by atoms with van der Waals surface area (Å²) in [4.78, 5) is 22.6. The minimum absolute atomic E-state index is 0.165. The van der Waals surface area contributed by atoms with E-state index in [1.54, 1.807) is 13.8 Å². The quantitative estimate of drug-likeness (QED) is 0.718. The van der Waals surface area contributed by atoms with E-state index < -0.39 is 0 Å². The van der Waals surface area contributed by atoms with Gasteiger partial charge in [0.15, 0.2) is 11.6 Å². The Morgan fingerprint density at radius 2 is 0.769 bits per heavy atom. The molecular formula is C22H40O4. The molecule has 4 heteroatoms. The van der Waals surface area contributed by atoms with Crippen LogP contribution >= 0.6 is 0 Å². The van der Waals surface area contributed by atoms with Crippen molar-refractivity contribution in [3.8, 4) is 0 Å². The molecule has 10 unspecified atom stereocenters. The van der Waals surface area contributed by atoms with Crippen LogP contribution in [0, 0.1) is 35.5 Å². The third-order valence-corrected chi connectivity index (χ3v) is 7.28. The van der Waals surface area contributed by atoms with E-state index in [1.807, 2.05) is 0 Å². The first kappa shape index (κ1) is 23.3. The average molecular weight is 369 g/mol. The third kappa shape index (κ3) is 5.16. The van der Waals surface area contributed by atoms with Gasteiger partial charge in [0.1, 0.15) is 12.2 Å². The van der Waals surface area contributed by atoms with Gasteiger partial charge in [0.2, 0.25) is 0 Å². The predicted molar refractivity (Wildman–Crippen MR) is 105 cm³/mol. The number of hydrogen-bond donors (Lipinski definition) is 0. The van der Waals surface area contributed by atoms with Crippen LogP contribution in [0.4, 0.5) is 0 Å². The van der Waals surface area contributed by atoms with Crippen molar-refractivity contribution in [3.63, 3.8) is 0 Å². The third-order valence-electron chi connectivity index (χ3n) is 7.28. The molecular weight excluding hydrogens is 328 g/mol. The maximum Gasteiger partial charge on any atom is 0.158 e. The maximum atomic E-state index is 11.3. The fraction of sp³-hybridized carbons (Fsp3) is 0.909. The highest BCUT2D eigenvalue weighted by molar-refractivity contribution is 5.81. The van der Waals surface area contributed by atoms with Crippen LogP contribution in [-0.4, -0.2) is 36.0 Å². The van der Waals surface area contributed by atoms with Gasteiger partial charge in [-0.05, 0) is 63.2 Å². The molecule has 0 aliphatic carbocycles. The van der Waals surface area contributed by atoms with Crippen molar-refractivity contribution in [2.24, 2.45) is 35.5 Å². The van der Waals surface area contributed by atoms with E-state index in [4.69, 9.17) is 9.47 Å².